The number of ether oxygens (including phenoxy) is 2. The summed E-state index contributed by atoms with van der Waals surface area (Å²) in [5.74, 6) is -1.53. The van der Waals surface area contributed by atoms with Crippen molar-refractivity contribution in [2.75, 3.05) is 23.9 Å². The summed E-state index contributed by atoms with van der Waals surface area (Å²) in [5.41, 5.74) is 0.964. The van der Waals surface area contributed by atoms with Gasteiger partial charge in [-0.25, -0.2) is 9.69 Å². The van der Waals surface area contributed by atoms with Crippen LogP contribution in [0.2, 0.25) is 0 Å². The van der Waals surface area contributed by atoms with Crippen molar-refractivity contribution in [3.63, 3.8) is 0 Å². The molecular weight excluding hydrogens is 466 g/mol. The van der Waals surface area contributed by atoms with Gasteiger partial charge < -0.3 is 19.9 Å². The fraction of sp³-hybridized carbons (Fsp3) is 0.0769. The fourth-order valence-electron chi connectivity index (χ4n) is 3.42. The van der Waals surface area contributed by atoms with Gasteiger partial charge in [-0.3, -0.25) is 19.7 Å². The molecule has 5 amide bonds. The number of amides is 5. The highest BCUT2D eigenvalue weighted by Gasteiger charge is 2.36. The van der Waals surface area contributed by atoms with Gasteiger partial charge in [-0.15, -0.1) is 0 Å². The van der Waals surface area contributed by atoms with Crippen LogP contribution in [0.3, 0.4) is 0 Å². The standard InChI is InChI=1S/C26H21N3O7/c1-35-22-14-16(7-12-21(22)36-15-23(31)27-17-5-3-2-4-6-17)13-20-24(32)28-26(34)29(25(20)33)18-8-10-19(30)11-9-18/h2-14,30H,15H2,1H3,(H,27,31)(H,28,32,34)/b20-13+. The topological polar surface area (TPSA) is 134 Å². The van der Waals surface area contributed by atoms with E-state index in [4.69, 9.17) is 9.47 Å². The van der Waals surface area contributed by atoms with E-state index in [9.17, 15) is 24.3 Å². The fourth-order valence-corrected chi connectivity index (χ4v) is 3.42. The van der Waals surface area contributed by atoms with E-state index in [1.807, 2.05) is 6.07 Å². The molecule has 0 atom stereocenters. The molecule has 10 heteroatoms. The number of nitrogens with zero attached hydrogens (tertiary/aromatic N) is 1. The molecule has 1 saturated heterocycles. The van der Waals surface area contributed by atoms with Gasteiger partial charge in [0.15, 0.2) is 18.1 Å². The number of benzene rings is 3. The molecule has 1 heterocycles. The SMILES string of the molecule is COc1cc(/C=C2\C(=O)NC(=O)N(c3ccc(O)cc3)C2=O)ccc1OCC(=O)Nc1ccccc1. The second kappa shape index (κ2) is 10.4. The quantitative estimate of drug-likeness (QED) is 0.344. The van der Waals surface area contributed by atoms with E-state index < -0.39 is 17.8 Å². The van der Waals surface area contributed by atoms with Crippen LogP contribution >= 0.6 is 0 Å². The molecule has 1 fully saturated rings. The molecule has 0 radical (unpaired) electrons. The van der Waals surface area contributed by atoms with Crippen molar-refractivity contribution in [3.8, 4) is 17.2 Å². The van der Waals surface area contributed by atoms with Crippen molar-refractivity contribution in [3.05, 3.63) is 83.9 Å². The average molecular weight is 487 g/mol. The first kappa shape index (κ1) is 24.0. The predicted octanol–water partition coefficient (Wildman–Crippen LogP) is 3.08. The van der Waals surface area contributed by atoms with Crippen molar-refractivity contribution in [1.29, 1.82) is 0 Å². The molecule has 3 aromatic carbocycles. The van der Waals surface area contributed by atoms with Gasteiger partial charge in [0.05, 0.1) is 12.8 Å². The van der Waals surface area contributed by atoms with E-state index in [1.54, 1.807) is 30.3 Å². The number of carbonyl (C=O) groups is 4. The van der Waals surface area contributed by atoms with Crippen molar-refractivity contribution in [1.82, 2.24) is 5.32 Å². The highest BCUT2D eigenvalue weighted by atomic mass is 16.5. The molecule has 0 bridgehead atoms. The van der Waals surface area contributed by atoms with Gasteiger partial charge in [0.25, 0.3) is 17.7 Å². The summed E-state index contributed by atoms with van der Waals surface area (Å²) in [4.78, 5) is 50.7. The van der Waals surface area contributed by atoms with Gasteiger partial charge in [-0.1, -0.05) is 24.3 Å². The molecule has 1 aliphatic heterocycles. The van der Waals surface area contributed by atoms with Crippen LogP contribution in [0, 0.1) is 0 Å². The third kappa shape index (κ3) is 5.33. The van der Waals surface area contributed by atoms with Crippen molar-refractivity contribution >= 4 is 41.2 Å². The van der Waals surface area contributed by atoms with Gasteiger partial charge in [0, 0.05) is 5.69 Å². The summed E-state index contributed by atoms with van der Waals surface area (Å²) in [6.07, 6.45) is 1.31. The lowest BCUT2D eigenvalue weighted by Crippen LogP contribution is -2.54. The Bertz CT molecular complexity index is 1350. The summed E-state index contributed by atoms with van der Waals surface area (Å²) in [6, 6.07) is 18.1. The highest BCUT2D eigenvalue weighted by Crippen LogP contribution is 2.30. The Labute approximate surface area is 205 Å². The van der Waals surface area contributed by atoms with Crippen molar-refractivity contribution in [2.45, 2.75) is 0 Å². The summed E-state index contributed by atoms with van der Waals surface area (Å²) < 4.78 is 10.9. The molecule has 0 aliphatic carbocycles. The zero-order chi connectivity index (χ0) is 25.7. The number of phenolic OH excluding ortho intramolecular Hbond substituents is 1. The first-order chi connectivity index (χ1) is 17.4. The summed E-state index contributed by atoms with van der Waals surface area (Å²) in [6.45, 7) is -0.268. The van der Waals surface area contributed by atoms with Crippen LogP contribution in [0.15, 0.2) is 78.4 Å². The first-order valence-electron chi connectivity index (χ1n) is 10.7. The number of barbiturate groups is 1. The summed E-state index contributed by atoms with van der Waals surface area (Å²) in [7, 11) is 1.41. The molecule has 1 aliphatic rings. The Morgan fingerprint density at radius 3 is 2.42 bits per heavy atom. The summed E-state index contributed by atoms with van der Waals surface area (Å²) in [5, 5.41) is 14.3. The monoisotopic (exact) mass is 487 g/mol. The lowest BCUT2D eigenvalue weighted by Gasteiger charge is -2.26. The number of hydrogen-bond donors (Lipinski definition) is 3. The molecule has 182 valence electrons. The van der Waals surface area contributed by atoms with E-state index >= 15 is 0 Å². The Morgan fingerprint density at radius 2 is 1.72 bits per heavy atom. The van der Waals surface area contributed by atoms with Crippen LogP contribution < -0.4 is 25.0 Å². The zero-order valence-electron chi connectivity index (χ0n) is 19.1. The van der Waals surface area contributed by atoms with Gasteiger partial charge in [0.1, 0.15) is 11.3 Å². The predicted molar refractivity (Wildman–Crippen MR) is 131 cm³/mol. The minimum absolute atomic E-state index is 0.0394. The second-order valence-electron chi connectivity index (χ2n) is 7.59. The number of aromatic hydroxyl groups is 1. The molecule has 4 rings (SSSR count). The molecule has 3 aromatic rings. The number of phenols is 1. The number of hydrogen-bond acceptors (Lipinski definition) is 7. The van der Waals surface area contributed by atoms with Crippen LogP contribution in [0.4, 0.5) is 16.2 Å². The second-order valence-corrected chi connectivity index (χ2v) is 7.59. The third-order valence-corrected chi connectivity index (χ3v) is 5.12. The maximum absolute atomic E-state index is 13.0. The molecule has 0 saturated carbocycles. The minimum atomic E-state index is -0.900. The molecular formula is C26H21N3O7. The number of nitrogens with one attached hydrogen (secondary N) is 2. The minimum Gasteiger partial charge on any atom is -0.508 e. The zero-order valence-corrected chi connectivity index (χ0v) is 19.1. The van der Waals surface area contributed by atoms with E-state index in [0.717, 1.165) is 4.90 Å². The normalized spacial score (nSPS) is 14.4. The molecule has 10 nitrogen and oxygen atoms in total. The number of rotatable bonds is 7. The number of anilines is 2. The number of methoxy groups -OCH3 is 1. The van der Waals surface area contributed by atoms with Gasteiger partial charge in [-0.2, -0.15) is 0 Å². The Balaban J connectivity index is 1.51. The average Bonchev–Trinajstić information content (AvgIpc) is 2.87. The Hall–Kier alpha value is -5.12. The lowest BCUT2D eigenvalue weighted by atomic mass is 10.1. The third-order valence-electron chi connectivity index (χ3n) is 5.12. The number of imide groups is 2. The van der Waals surface area contributed by atoms with Crippen LogP contribution in [0.1, 0.15) is 5.56 Å². The van der Waals surface area contributed by atoms with Crippen molar-refractivity contribution < 1.29 is 33.8 Å². The number of urea groups is 1. The van der Waals surface area contributed by atoms with E-state index in [1.165, 1.54) is 49.6 Å². The van der Waals surface area contributed by atoms with Gasteiger partial charge >= 0.3 is 6.03 Å². The van der Waals surface area contributed by atoms with Gasteiger partial charge in [0.2, 0.25) is 0 Å². The highest BCUT2D eigenvalue weighted by molar-refractivity contribution is 6.39. The molecule has 3 N–H and O–H groups in total. The first-order valence-corrected chi connectivity index (χ1v) is 10.7. The van der Waals surface area contributed by atoms with E-state index in [0.29, 0.717) is 11.3 Å². The smallest absolute Gasteiger partial charge is 0.335 e. The molecule has 0 spiro atoms. The Morgan fingerprint density at radius 1 is 1.00 bits per heavy atom. The molecule has 36 heavy (non-hydrogen) atoms. The lowest BCUT2D eigenvalue weighted by molar-refractivity contribution is -0.122. The number of carbonyl (C=O) groups excluding carboxylic acids is 4. The van der Waals surface area contributed by atoms with Crippen LogP contribution in [-0.2, 0) is 14.4 Å². The molecule has 0 unspecified atom stereocenters. The van der Waals surface area contributed by atoms with E-state index in [-0.39, 0.29) is 41.0 Å². The molecule has 0 aromatic heterocycles. The van der Waals surface area contributed by atoms with Crippen LogP contribution in [-0.4, -0.2) is 42.6 Å². The van der Waals surface area contributed by atoms with Crippen molar-refractivity contribution in [2.24, 2.45) is 0 Å². The summed E-state index contributed by atoms with van der Waals surface area (Å²) >= 11 is 0. The Kier molecular flexibility index (Phi) is 6.96. The maximum Gasteiger partial charge on any atom is 0.335 e. The number of para-hydroxylation sites is 1. The maximum atomic E-state index is 13.0. The van der Waals surface area contributed by atoms with Crippen LogP contribution in [0.5, 0.6) is 17.2 Å². The largest absolute Gasteiger partial charge is 0.508 e. The van der Waals surface area contributed by atoms with Gasteiger partial charge in [-0.05, 0) is 60.2 Å². The van der Waals surface area contributed by atoms with Crippen LogP contribution in [0.25, 0.3) is 6.08 Å². The van der Waals surface area contributed by atoms with E-state index in [2.05, 4.69) is 10.6 Å².